The molecule has 3 atom stereocenters. The molecular weight excluding hydrogens is 334 g/mol. The van der Waals surface area contributed by atoms with Crippen molar-refractivity contribution in [1.82, 2.24) is 10.9 Å². The van der Waals surface area contributed by atoms with Crippen LogP contribution in [-0.4, -0.2) is 18.0 Å². The molecule has 3 aromatic rings. The SMILES string of the molecule is CC1Cc2ccccc2N1C(=O)C1CC(c2cccc3ccccc23)NN1. The van der Waals surface area contributed by atoms with Gasteiger partial charge in [-0.25, -0.2) is 10.9 Å². The fourth-order valence-electron chi connectivity index (χ4n) is 4.55. The number of rotatable bonds is 2. The van der Waals surface area contributed by atoms with E-state index in [4.69, 9.17) is 0 Å². The zero-order chi connectivity index (χ0) is 18.4. The molecule has 0 bridgehead atoms. The predicted octanol–water partition coefficient (Wildman–Crippen LogP) is 3.73. The smallest absolute Gasteiger partial charge is 0.245 e. The van der Waals surface area contributed by atoms with Crippen molar-refractivity contribution < 1.29 is 4.79 Å². The third-order valence-electron chi connectivity index (χ3n) is 5.84. The largest absolute Gasteiger partial charge is 0.308 e. The molecule has 0 saturated carbocycles. The number of amides is 1. The number of fused-ring (bicyclic) bond motifs is 2. The summed E-state index contributed by atoms with van der Waals surface area (Å²) in [4.78, 5) is 15.3. The second-order valence-corrected chi connectivity index (χ2v) is 7.59. The molecular formula is C23H23N3O. The minimum absolute atomic E-state index is 0.123. The zero-order valence-corrected chi connectivity index (χ0v) is 15.4. The molecule has 2 heterocycles. The van der Waals surface area contributed by atoms with Crippen LogP contribution in [0.2, 0.25) is 0 Å². The van der Waals surface area contributed by atoms with Gasteiger partial charge in [0.15, 0.2) is 0 Å². The zero-order valence-electron chi connectivity index (χ0n) is 15.4. The van der Waals surface area contributed by atoms with Crippen LogP contribution in [0.15, 0.2) is 66.7 Å². The quantitative estimate of drug-likeness (QED) is 0.735. The number of nitrogens with zero attached hydrogens (tertiary/aromatic N) is 1. The second-order valence-electron chi connectivity index (χ2n) is 7.59. The van der Waals surface area contributed by atoms with Gasteiger partial charge in [-0.2, -0.15) is 0 Å². The summed E-state index contributed by atoms with van der Waals surface area (Å²) in [6, 6.07) is 23.1. The van der Waals surface area contributed by atoms with E-state index in [1.54, 1.807) is 0 Å². The topological polar surface area (TPSA) is 44.4 Å². The molecule has 1 fully saturated rings. The Labute approximate surface area is 159 Å². The van der Waals surface area contributed by atoms with E-state index in [2.05, 4.69) is 72.4 Å². The van der Waals surface area contributed by atoms with E-state index in [9.17, 15) is 4.79 Å². The van der Waals surface area contributed by atoms with E-state index in [0.29, 0.717) is 0 Å². The molecule has 0 spiro atoms. The summed E-state index contributed by atoms with van der Waals surface area (Å²) in [7, 11) is 0. The van der Waals surface area contributed by atoms with Gasteiger partial charge in [-0.05, 0) is 47.7 Å². The molecule has 136 valence electrons. The highest BCUT2D eigenvalue weighted by Crippen LogP contribution is 2.34. The summed E-state index contributed by atoms with van der Waals surface area (Å²) in [5, 5.41) is 2.47. The first-order valence-corrected chi connectivity index (χ1v) is 9.62. The van der Waals surface area contributed by atoms with E-state index in [0.717, 1.165) is 18.5 Å². The average Bonchev–Trinajstić information content (AvgIpc) is 3.31. The molecule has 0 radical (unpaired) electrons. The standard InChI is InChI=1S/C23H23N3O/c1-15-13-17-8-3-5-12-22(17)26(15)23(27)21-14-20(24-25-21)19-11-6-9-16-7-2-4-10-18(16)19/h2-12,15,20-21,24-25H,13-14H2,1H3. The summed E-state index contributed by atoms with van der Waals surface area (Å²) in [5.74, 6) is 0.155. The molecule has 1 amide bonds. The minimum atomic E-state index is -0.220. The number of para-hydroxylation sites is 1. The third-order valence-corrected chi connectivity index (χ3v) is 5.84. The van der Waals surface area contributed by atoms with E-state index >= 15 is 0 Å². The van der Waals surface area contributed by atoms with E-state index in [1.807, 2.05) is 17.0 Å². The lowest BCUT2D eigenvalue weighted by atomic mass is 9.95. The first kappa shape index (κ1) is 16.5. The van der Waals surface area contributed by atoms with Crippen LogP contribution in [0.5, 0.6) is 0 Å². The molecule has 5 rings (SSSR count). The lowest BCUT2D eigenvalue weighted by molar-refractivity contribution is -0.120. The summed E-state index contributed by atoms with van der Waals surface area (Å²) >= 11 is 0. The van der Waals surface area contributed by atoms with Gasteiger partial charge in [-0.15, -0.1) is 0 Å². The highest BCUT2D eigenvalue weighted by molar-refractivity contribution is 6.00. The highest BCUT2D eigenvalue weighted by atomic mass is 16.2. The van der Waals surface area contributed by atoms with E-state index in [-0.39, 0.29) is 24.0 Å². The van der Waals surface area contributed by atoms with Crippen molar-refractivity contribution in [2.24, 2.45) is 0 Å². The van der Waals surface area contributed by atoms with Crippen molar-refractivity contribution in [2.45, 2.75) is 37.9 Å². The number of hydrogen-bond donors (Lipinski definition) is 2. The Morgan fingerprint density at radius 3 is 2.67 bits per heavy atom. The molecule has 3 unspecified atom stereocenters. The number of hydrogen-bond acceptors (Lipinski definition) is 3. The van der Waals surface area contributed by atoms with Crippen molar-refractivity contribution in [3.63, 3.8) is 0 Å². The average molecular weight is 357 g/mol. The van der Waals surface area contributed by atoms with Crippen LogP contribution >= 0.6 is 0 Å². The van der Waals surface area contributed by atoms with Crippen molar-refractivity contribution in [1.29, 1.82) is 0 Å². The molecule has 3 aromatic carbocycles. The van der Waals surface area contributed by atoms with E-state index < -0.39 is 0 Å². The van der Waals surface area contributed by atoms with Gasteiger partial charge in [0, 0.05) is 17.8 Å². The molecule has 2 aliphatic rings. The third kappa shape index (κ3) is 2.73. The van der Waals surface area contributed by atoms with Gasteiger partial charge in [0.05, 0.1) is 0 Å². The Bertz CT molecular complexity index is 1010. The Hall–Kier alpha value is -2.69. The maximum Gasteiger partial charge on any atom is 0.245 e. The Morgan fingerprint density at radius 2 is 1.74 bits per heavy atom. The number of nitrogens with one attached hydrogen (secondary N) is 2. The number of anilines is 1. The van der Waals surface area contributed by atoms with E-state index in [1.165, 1.54) is 21.9 Å². The van der Waals surface area contributed by atoms with Gasteiger partial charge in [0.2, 0.25) is 5.91 Å². The number of carbonyl (C=O) groups is 1. The molecule has 0 aliphatic carbocycles. The summed E-state index contributed by atoms with van der Waals surface area (Å²) in [6.45, 7) is 2.13. The summed E-state index contributed by atoms with van der Waals surface area (Å²) < 4.78 is 0. The van der Waals surface area contributed by atoms with Crippen LogP contribution in [-0.2, 0) is 11.2 Å². The Morgan fingerprint density at radius 1 is 0.963 bits per heavy atom. The monoisotopic (exact) mass is 357 g/mol. The lowest BCUT2D eigenvalue weighted by Crippen LogP contribution is -2.47. The maximum atomic E-state index is 13.3. The van der Waals surface area contributed by atoms with Crippen molar-refractivity contribution >= 4 is 22.4 Å². The Kier molecular flexibility index (Phi) is 3.96. The highest BCUT2D eigenvalue weighted by Gasteiger charge is 2.38. The van der Waals surface area contributed by atoms with Crippen LogP contribution in [0.4, 0.5) is 5.69 Å². The molecule has 2 aliphatic heterocycles. The van der Waals surface area contributed by atoms with Crippen LogP contribution < -0.4 is 15.8 Å². The number of carbonyl (C=O) groups excluding carboxylic acids is 1. The first-order chi connectivity index (χ1) is 13.2. The fraction of sp³-hybridized carbons (Fsp3) is 0.261. The van der Waals surface area contributed by atoms with Crippen LogP contribution in [0.1, 0.15) is 30.5 Å². The fourth-order valence-corrected chi connectivity index (χ4v) is 4.55. The Balaban J connectivity index is 1.40. The number of hydrazine groups is 1. The normalized spacial score (nSPS) is 24.3. The molecule has 1 saturated heterocycles. The van der Waals surface area contributed by atoms with Crippen molar-refractivity contribution in [3.8, 4) is 0 Å². The molecule has 27 heavy (non-hydrogen) atoms. The van der Waals surface area contributed by atoms with Crippen molar-refractivity contribution in [3.05, 3.63) is 77.9 Å². The predicted molar refractivity (Wildman–Crippen MR) is 108 cm³/mol. The van der Waals surface area contributed by atoms with Crippen molar-refractivity contribution in [2.75, 3.05) is 4.90 Å². The summed E-state index contributed by atoms with van der Waals surface area (Å²) in [5.41, 5.74) is 10.2. The van der Waals surface area contributed by atoms with Gasteiger partial charge in [-0.3, -0.25) is 4.79 Å². The second kappa shape index (κ2) is 6.48. The number of benzene rings is 3. The minimum Gasteiger partial charge on any atom is -0.308 e. The van der Waals surface area contributed by atoms with Crippen LogP contribution in [0.25, 0.3) is 10.8 Å². The molecule has 4 nitrogen and oxygen atoms in total. The lowest BCUT2D eigenvalue weighted by Gasteiger charge is -2.25. The molecule has 4 heteroatoms. The summed E-state index contributed by atoms with van der Waals surface area (Å²) in [6.07, 6.45) is 1.67. The first-order valence-electron chi connectivity index (χ1n) is 9.62. The van der Waals surface area contributed by atoms with Gasteiger partial charge in [0.1, 0.15) is 6.04 Å². The van der Waals surface area contributed by atoms with Gasteiger partial charge in [0.25, 0.3) is 0 Å². The van der Waals surface area contributed by atoms with Gasteiger partial charge < -0.3 is 4.90 Å². The maximum absolute atomic E-state index is 13.3. The molecule has 0 aromatic heterocycles. The van der Waals surface area contributed by atoms with Gasteiger partial charge >= 0.3 is 0 Å². The molecule has 2 N–H and O–H groups in total. The van der Waals surface area contributed by atoms with Crippen LogP contribution in [0, 0.1) is 0 Å². The van der Waals surface area contributed by atoms with Gasteiger partial charge in [-0.1, -0.05) is 60.7 Å². The van der Waals surface area contributed by atoms with Crippen LogP contribution in [0.3, 0.4) is 0 Å².